The molecule has 0 atom stereocenters. The summed E-state index contributed by atoms with van der Waals surface area (Å²) in [6.07, 6.45) is 3.35. The summed E-state index contributed by atoms with van der Waals surface area (Å²) in [5, 5.41) is 5.86. The van der Waals surface area contributed by atoms with Gasteiger partial charge in [-0.25, -0.2) is 14.7 Å². The zero-order valence-electron chi connectivity index (χ0n) is 15.0. The van der Waals surface area contributed by atoms with Gasteiger partial charge in [-0.2, -0.15) is 0 Å². The highest BCUT2D eigenvalue weighted by molar-refractivity contribution is 6.23. The number of rotatable bonds is 5. The number of nitrogens with one attached hydrogen (secondary N) is 2. The van der Waals surface area contributed by atoms with Crippen molar-refractivity contribution >= 4 is 23.6 Å². The van der Waals surface area contributed by atoms with Crippen LogP contribution in [0.2, 0.25) is 0 Å². The second-order valence-electron chi connectivity index (χ2n) is 7.04. The molecule has 3 rings (SSSR count). The molecule has 0 aromatic heterocycles. The average molecular weight is 355 g/mol. The highest BCUT2D eigenvalue weighted by atomic mass is 16.2. The Balaban J connectivity index is 1.73. The molecule has 1 heterocycles. The first kappa shape index (κ1) is 18.0. The van der Waals surface area contributed by atoms with E-state index in [2.05, 4.69) is 22.2 Å². The van der Waals surface area contributed by atoms with Crippen LogP contribution >= 0.6 is 0 Å². The Bertz CT molecular complexity index is 765. The fourth-order valence-electron chi connectivity index (χ4n) is 3.44. The molecule has 1 aromatic rings. The number of anilines is 1. The lowest BCUT2D eigenvalue weighted by Gasteiger charge is -2.20. The molecule has 138 valence electrons. The molecule has 0 bridgehead atoms. The van der Waals surface area contributed by atoms with Crippen molar-refractivity contribution in [2.45, 2.75) is 44.7 Å². The molecule has 4 N–H and O–H groups in total. The molecule has 1 aliphatic heterocycles. The van der Waals surface area contributed by atoms with Gasteiger partial charge in [0.2, 0.25) is 0 Å². The Morgan fingerprint density at radius 2 is 2.12 bits per heavy atom. The van der Waals surface area contributed by atoms with E-state index in [0.717, 1.165) is 24.0 Å². The Kier molecular flexibility index (Phi) is 4.97. The number of carbonyl (C=O) groups is 2. The van der Waals surface area contributed by atoms with E-state index in [0.29, 0.717) is 37.6 Å². The van der Waals surface area contributed by atoms with Crippen LogP contribution in [0.5, 0.6) is 0 Å². The van der Waals surface area contributed by atoms with Gasteiger partial charge in [-0.05, 0) is 37.5 Å². The second-order valence-corrected chi connectivity index (χ2v) is 7.04. The van der Waals surface area contributed by atoms with E-state index in [1.54, 1.807) is 12.1 Å². The van der Waals surface area contributed by atoms with Crippen LogP contribution in [-0.4, -0.2) is 30.0 Å². The van der Waals surface area contributed by atoms with Gasteiger partial charge < -0.3 is 16.4 Å². The topological polar surface area (TPSA) is 99.8 Å². The zero-order valence-corrected chi connectivity index (χ0v) is 15.0. The SMILES string of the molecule is C=C(C)CNC(N)=NCc1cccc(N2C(=O)NC3(CCCC3)C2=O)c1. The maximum Gasteiger partial charge on any atom is 0.329 e. The van der Waals surface area contributed by atoms with Gasteiger partial charge >= 0.3 is 6.03 Å². The molecular formula is C19H25N5O2. The third kappa shape index (κ3) is 3.56. The quantitative estimate of drug-likeness (QED) is 0.326. The molecule has 2 aliphatic rings. The molecule has 1 saturated heterocycles. The minimum Gasteiger partial charge on any atom is -0.370 e. The molecular weight excluding hydrogens is 330 g/mol. The molecule has 1 spiro atoms. The number of amides is 3. The standard InChI is InChI=1S/C19H25N5O2/c1-13(2)11-21-17(20)22-12-14-6-5-7-15(10-14)24-16(25)19(23-18(24)26)8-3-4-9-19/h5-7,10H,1,3-4,8-9,11-12H2,2H3,(H,23,26)(H3,20,21,22). The van der Waals surface area contributed by atoms with Gasteiger partial charge in [0.1, 0.15) is 5.54 Å². The number of imide groups is 1. The van der Waals surface area contributed by atoms with Crippen molar-refractivity contribution in [1.82, 2.24) is 10.6 Å². The lowest BCUT2D eigenvalue weighted by Crippen LogP contribution is -2.44. The lowest BCUT2D eigenvalue weighted by atomic mass is 9.98. The first-order valence-electron chi connectivity index (χ1n) is 8.85. The number of carbonyl (C=O) groups excluding carboxylic acids is 2. The molecule has 7 heteroatoms. The minimum atomic E-state index is -0.706. The summed E-state index contributed by atoms with van der Waals surface area (Å²) in [7, 11) is 0. The monoisotopic (exact) mass is 355 g/mol. The van der Waals surface area contributed by atoms with E-state index in [1.807, 2.05) is 19.1 Å². The van der Waals surface area contributed by atoms with Gasteiger partial charge in [-0.1, -0.05) is 37.1 Å². The molecule has 0 radical (unpaired) electrons. The summed E-state index contributed by atoms with van der Waals surface area (Å²) in [6, 6.07) is 6.93. The van der Waals surface area contributed by atoms with Crippen molar-refractivity contribution in [2.24, 2.45) is 10.7 Å². The van der Waals surface area contributed by atoms with E-state index in [1.165, 1.54) is 4.90 Å². The molecule has 3 amide bonds. The van der Waals surface area contributed by atoms with E-state index in [9.17, 15) is 9.59 Å². The Labute approximate surface area is 153 Å². The Hall–Kier alpha value is -2.83. The summed E-state index contributed by atoms with van der Waals surface area (Å²) in [5.74, 6) is 0.182. The van der Waals surface area contributed by atoms with Crippen molar-refractivity contribution in [3.63, 3.8) is 0 Å². The highest BCUT2D eigenvalue weighted by Crippen LogP contribution is 2.37. The van der Waals surface area contributed by atoms with E-state index in [-0.39, 0.29) is 11.9 Å². The predicted octanol–water partition coefficient (Wildman–Crippen LogP) is 2.04. The number of nitrogens with zero attached hydrogens (tertiary/aromatic N) is 2. The summed E-state index contributed by atoms with van der Waals surface area (Å²) in [4.78, 5) is 30.8. The number of aliphatic imine (C=N–C) groups is 1. The first-order chi connectivity index (χ1) is 12.4. The summed E-state index contributed by atoms with van der Waals surface area (Å²) < 4.78 is 0. The first-order valence-corrected chi connectivity index (χ1v) is 8.85. The van der Waals surface area contributed by atoms with Crippen LogP contribution < -0.4 is 21.3 Å². The van der Waals surface area contributed by atoms with Crippen LogP contribution in [0.1, 0.15) is 38.2 Å². The highest BCUT2D eigenvalue weighted by Gasteiger charge is 2.52. The van der Waals surface area contributed by atoms with Gasteiger partial charge in [0.25, 0.3) is 5.91 Å². The summed E-state index contributed by atoms with van der Waals surface area (Å²) in [6.45, 7) is 6.63. The molecule has 0 unspecified atom stereocenters. The van der Waals surface area contributed by atoms with Crippen molar-refractivity contribution in [3.8, 4) is 0 Å². The fraction of sp³-hybridized carbons (Fsp3) is 0.421. The third-order valence-corrected chi connectivity index (χ3v) is 4.79. The minimum absolute atomic E-state index is 0.150. The number of hydrogen-bond acceptors (Lipinski definition) is 3. The molecule has 1 aromatic carbocycles. The number of nitrogens with two attached hydrogens (primary N) is 1. The van der Waals surface area contributed by atoms with Gasteiger partial charge in [-0.15, -0.1) is 0 Å². The third-order valence-electron chi connectivity index (χ3n) is 4.79. The van der Waals surface area contributed by atoms with Crippen LogP contribution in [0, 0.1) is 0 Å². The van der Waals surface area contributed by atoms with Crippen molar-refractivity contribution in [2.75, 3.05) is 11.4 Å². The van der Waals surface area contributed by atoms with Crippen LogP contribution in [0.4, 0.5) is 10.5 Å². The fourth-order valence-corrected chi connectivity index (χ4v) is 3.44. The number of benzene rings is 1. The van der Waals surface area contributed by atoms with Gasteiger partial charge in [0, 0.05) is 6.54 Å². The largest absolute Gasteiger partial charge is 0.370 e. The van der Waals surface area contributed by atoms with Gasteiger partial charge in [-0.3, -0.25) is 4.79 Å². The van der Waals surface area contributed by atoms with Crippen LogP contribution in [0.15, 0.2) is 41.4 Å². The predicted molar refractivity (Wildman–Crippen MR) is 102 cm³/mol. The molecule has 2 fully saturated rings. The maximum atomic E-state index is 12.8. The van der Waals surface area contributed by atoms with E-state index in [4.69, 9.17) is 5.73 Å². The molecule has 1 saturated carbocycles. The summed E-state index contributed by atoms with van der Waals surface area (Å²) >= 11 is 0. The number of guanidine groups is 1. The van der Waals surface area contributed by atoms with Crippen LogP contribution in [0.3, 0.4) is 0 Å². The second kappa shape index (κ2) is 7.19. The Morgan fingerprint density at radius 3 is 2.81 bits per heavy atom. The number of hydrogen-bond donors (Lipinski definition) is 3. The Morgan fingerprint density at radius 1 is 1.38 bits per heavy atom. The molecule has 1 aliphatic carbocycles. The van der Waals surface area contributed by atoms with Gasteiger partial charge in [0.05, 0.1) is 12.2 Å². The molecule has 7 nitrogen and oxygen atoms in total. The van der Waals surface area contributed by atoms with Crippen LogP contribution in [-0.2, 0) is 11.3 Å². The van der Waals surface area contributed by atoms with Crippen molar-refractivity contribution < 1.29 is 9.59 Å². The van der Waals surface area contributed by atoms with Crippen molar-refractivity contribution in [1.29, 1.82) is 0 Å². The average Bonchev–Trinajstić information content (AvgIpc) is 3.17. The lowest BCUT2D eigenvalue weighted by molar-refractivity contribution is -0.121. The van der Waals surface area contributed by atoms with E-state index >= 15 is 0 Å². The smallest absolute Gasteiger partial charge is 0.329 e. The van der Waals surface area contributed by atoms with Crippen LogP contribution in [0.25, 0.3) is 0 Å². The number of urea groups is 1. The van der Waals surface area contributed by atoms with E-state index < -0.39 is 5.54 Å². The summed E-state index contributed by atoms with van der Waals surface area (Å²) in [5.41, 5.74) is 7.52. The van der Waals surface area contributed by atoms with Gasteiger partial charge in [0.15, 0.2) is 5.96 Å². The maximum absolute atomic E-state index is 12.8. The van der Waals surface area contributed by atoms with Crippen molar-refractivity contribution in [3.05, 3.63) is 42.0 Å². The zero-order chi connectivity index (χ0) is 18.7. The molecule has 26 heavy (non-hydrogen) atoms. The normalized spacial score (nSPS) is 19.1.